The lowest BCUT2D eigenvalue weighted by Crippen LogP contribution is -2.03. The lowest BCUT2D eigenvalue weighted by Gasteiger charge is -2.11. The quantitative estimate of drug-likeness (QED) is 0.790. The van der Waals surface area contributed by atoms with Gasteiger partial charge in [-0.2, -0.15) is 0 Å². The molecule has 3 aromatic rings. The summed E-state index contributed by atoms with van der Waals surface area (Å²) in [6.07, 6.45) is 6.43. The molecule has 0 bridgehead atoms. The largest absolute Gasteiger partial charge is 0.388 e. The van der Waals surface area contributed by atoms with Crippen LogP contribution in [-0.2, 0) is 13.5 Å². The van der Waals surface area contributed by atoms with E-state index >= 15 is 0 Å². The zero-order chi connectivity index (χ0) is 13.9. The van der Waals surface area contributed by atoms with Crippen molar-refractivity contribution in [1.82, 2.24) is 14.5 Å². The van der Waals surface area contributed by atoms with Crippen molar-refractivity contribution < 1.29 is 5.11 Å². The highest BCUT2D eigenvalue weighted by Gasteiger charge is 2.10. The molecule has 2 aromatic heterocycles. The van der Waals surface area contributed by atoms with Gasteiger partial charge >= 0.3 is 0 Å². The summed E-state index contributed by atoms with van der Waals surface area (Å²) in [6.45, 7) is 0. The predicted octanol–water partition coefficient (Wildman–Crippen LogP) is 2.63. The van der Waals surface area contributed by atoms with E-state index in [2.05, 4.69) is 9.97 Å². The maximum Gasteiger partial charge on any atom is 0.108 e. The Morgan fingerprint density at radius 1 is 1.20 bits per heavy atom. The van der Waals surface area contributed by atoms with Gasteiger partial charge in [0.1, 0.15) is 5.82 Å². The first-order chi connectivity index (χ1) is 9.74. The van der Waals surface area contributed by atoms with Crippen LogP contribution in [0.2, 0.25) is 0 Å². The van der Waals surface area contributed by atoms with Crippen LogP contribution >= 0.6 is 0 Å². The summed E-state index contributed by atoms with van der Waals surface area (Å²) in [5.41, 5.74) is 1.88. The van der Waals surface area contributed by atoms with Gasteiger partial charge in [-0.1, -0.05) is 12.1 Å². The van der Waals surface area contributed by atoms with Crippen LogP contribution in [0.3, 0.4) is 0 Å². The molecule has 0 spiro atoms. The van der Waals surface area contributed by atoms with Crippen molar-refractivity contribution in [1.29, 1.82) is 0 Å². The fourth-order valence-electron chi connectivity index (χ4n) is 2.37. The van der Waals surface area contributed by atoms with E-state index in [1.165, 1.54) is 0 Å². The molecule has 0 saturated carbocycles. The van der Waals surface area contributed by atoms with Gasteiger partial charge in [0.05, 0.1) is 11.6 Å². The van der Waals surface area contributed by atoms with Crippen molar-refractivity contribution in [3.63, 3.8) is 0 Å². The van der Waals surface area contributed by atoms with Crippen LogP contribution in [0.5, 0.6) is 0 Å². The molecule has 4 heteroatoms. The molecular formula is C16H17N3O. The summed E-state index contributed by atoms with van der Waals surface area (Å²) >= 11 is 0. The molecular weight excluding hydrogens is 250 g/mol. The number of nitrogens with zero attached hydrogens (tertiary/aromatic N) is 3. The van der Waals surface area contributed by atoms with Gasteiger partial charge in [0.25, 0.3) is 0 Å². The summed E-state index contributed by atoms with van der Waals surface area (Å²) in [5.74, 6) is 0.992. The number of fused-ring (bicyclic) bond motifs is 1. The fourth-order valence-corrected chi connectivity index (χ4v) is 2.37. The first kappa shape index (κ1) is 12.8. The molecule has 0 amide bonds. The third kappa shape index (κ3) is 2.56. The van der Waals surface area contributed by atoms with Crippen molar-refractivity contribution in [3.8, 4) is 0 Å². The molecule has 0 fully saturated rings. The van der Waals surface area contributed by atoms with Gasteiger partial charge in [-0.15, -0.1) is 0 Å². The summed E-state index contributed by atoms with van der Waals surface area (Å²) in [6, 6.07) is 9.82. The summed E-state index contributed by atoms with van der Waals surface area (Å²) in [5, 5.41) is 11.4. The second-order valence-corrected chi connectivity index (χ2v) is 4.96. The lowest BCUT2D eigenvalue weighted by molar-refractivity contribution is 0.167. The predicted molar refractivity (Wildman–Crippen MR) is 78.2 cm³/mol. The summed E-state index contributed by atoms with van der Waals surface area (Å²) in [4.78, 5) is 8.56. The molecule has 0 aliphatic rings. The Morgan fingerprint density at radius 2 is 2.10 bits per heavy atom. The molecule has 1 aromatic carbocycles. The van der Waals surface area contributed by atoms with Gasteiger partial charge in [-0.3, -0.25) is 4.98 Å². The van der Waals surface area contributed by atoms with Gasteiger partial charge in [-0.05, 0) is 30.2 Å². The van der Waals surface area contributed by atoms with Crippen LogP contribution in [0, 0.1) is 0 Å². The standard InChI is InChI=1S/C16H17N3O/c1-19-10-9-18-16(19)7-6-15(20)13-4-5-14-12(11-13)3-2-8-17-14/h2-5,8-11,15,20H,6-7H2,1H3. The van der Waals surface area contributed by atoms with Crippen LogP contribution in [0.15, 0.2) is 48.9 Å². The van der Waals surface area contributed by atoms with Crippen LogP contribution in [-0.4, -0.2) is 19.6 Å². The van der Waals surface area contributed by atoms with E-state index in [1.54, 1.807) is 12.4 Å². The zero-order valence-electron chi connectivity index (χ0n) is 11.4. The van der Waals surface area contributed by atoms with Crippen molar-refractivity contribution in [2.75, 3.05) is 0 Å². The minimum Gasteiger partial charge on any atom is -0.388 e. The molecule has 0 saturated heterocycles. The van der Waals surface area contributed by atoms with E-state index < -0.39 is 6.10 Å². The average molecular weight is 267 g/mol. The van der Waals surface area contributed by atoms with E-state index in [9.17, 15) is 5.11 Å². The van der Waals surface area contributed by atoms with Gasteiger partial charge in [0.15, 0.2) is 0 Å². The van der Waals surface area contributed by atoms with Gasteiger partial charge in [0, 0.05) is 37.4 Å². The Hall–Kier alpha value is -2.20. The highest BCUT2D eigenvalue weighted by atomic mass is 16.3. The lowest BCUT2D eigenvalue weighted by atomic mass is 10.0. The first-order valence-electron chi connectivity index (χ1n) is 6.73. The number of imidazole rings is 1. The number of hydrogen-bond acceptors (Lipinski definition) is 3. The van der Waals surface area contributed by atoms with Crippen molar-refractivity contribution >= 4 is 10.9 Å². The van der Waals surface area contributed by atoms with E-state index in [1.807, 2.05) is 48.1 Å². The third-order valence-electron chi connectivity index (χ3n) is 3.57. The maximum absolute atomic E-state index is 10.3. The SMILES string of the molecule is Cn1ccnc1CCC(O)c1ccc2ncccc2c1. The molecule has 102 valence electrons. The maximum atomic E-state index is 10.3. The number of aliphatic hydroxyl groups is 1. The van der Waals surface area contributed by atoms with E-state index in [0.29, 0.717) is 6.42 Å². The minimum absolute atomic E-state index is 0.476. The molecule has 3 rings (SSSR count). The van der Waals surface area contributed by atoms with Crippen LogP contribution in [0.25, 0.3) is 10.9 Å². The fraction of sp³-hybridized carbons (Fsp3) is 0.250. The number of aromatic nitrogens is 3. The second kappa shape index (κ2) is 5.43. The van der Waals surface area contributed by atoms with Gasteiger partial charge in [-0.25, -0.2) is 4.98 Å². The van der Waals surface area contributed by atoms with Crippen molar-refractivity contribution in [3.05, 3.63) is 60.3 Å². The smallest absolute Gasteiger partial charge is 0.108 e. The van der Waals surface area contributed by atoms with E-state index in [-0.39, 0.29) is 0 Å². The number of aliphatic hydroxyl groups excluding tert-OH is 1. The molecule has 1 atom stereocenters. The molecule has 4 nitrogen and oxygen atoms in total. The molecule has 1 N–H and O–H groups in total. The Balaban J connectivity index is 1.75. The Bertz CT molecular complexity index is 720. The number of pyridine rings is 1. The third-order valence-corrected chi connectivity index (χ3v) is 3.57. The average Bonchev–Trinajstić information content (AvgIpc) is 2.89. The van der Waals surface area contributed by atoms with Crippen LogP contribution < -0.4 is 0 Å². The normalized spacial score (nSPS) is 12.7. The Morgan fingerprint density at radius 3 is 2.90 bits per heavy atom. The number of benzene rings is 1. The van der Waals surface area contributed by atoms with Crippen LogP contribution in [0.1, 0.15) is 23.9 Å². The molecule has 0 aliphatic carbocycles. The minimum atomic E-state index is -0.476. The highest BCUT2D eigenvalue weighted by molar-refractivity contribution is 5.78. The zero-order valence-corrected chi connectivity index (χ0v) is 11.4. The van der Waals surface area contributed by atoms with Crippen molar-refractivity contribution in [2.24, 2.45) is 7.05 Å². The van der Waals surface area contributed by atoms with E-state index in [4.69, 9.17) is 0 Å². The van der Waals surface area contributed by atoms with Gasteiger partial charge in [0.2, 0.25) is 0 Å². The molecule has 0 radical (unpaired) electrons. The molecule has 2 heterocycles. The van der Waals surface area contributed by atoms with Crippen molar-refractivity contribution in [2.45, 2.75) is 18.9 Å². The van der Waals surface area contributed by atoms with Gasteiger partial charge < -0.3 is 9.67 Å². The number of hydrogen-bond donors (Lipinski definition) is 1. The first-order valence-corrected chi connectivity index (χ1v) is 6.73. The summed E-state index contributed by atoms with van der Waals surface area (Å²) in [7, 11) is 1.97. The molecule has 20 heavy (non-hydrogen) atoms. The Kier molecular flexibility index (Phi) is 3.48. The monoisotopic (exact) mass is 267 g/mol. The Labute approximate surface area is 117 Å². The topological polar surface area (TPSA) is 50.9 Å². The molecule has 1 unspecified atom stereocenters. The number of aryl methyl sites for hydroxylation is 2. The summed E-state index contributed by atoms with van der Waals surface area (Å²) < 4.78 is 1.98. The molecule has 0 aliphatic heterocycles. The number of rotatable bonds is 4. The second-order valence-electron chi connectivity index (χ2n) is 4.96. The van der Waals surface area contributed by atoms with E-state index in [0.717, 1.165) is 28.7 Å². The highest BCUT2D eigenvalue weighted by Crippen LogP contribution is 2.22. The van der Waals surface area contributed by atoms with Crippen LogP contribution in [0.4, 0.5) is 0 Å².